The van der Waals surface area contributed by atoms with E-state index in [1.807, 2.05) is 20.8 Å². The first-order chi connectivity index (χ1) is 29.1. The van der Waals surface area contributed by atoms with Crippen molar-refractivity contribution in [3.8, 4) is 0 Å². The molecule has 3 unspecified atom stereocenters. The third kappa shape index (κ3) is 15.5. The zero-order valence-electron chi connectivity index (χ0n) is 38.6. The fraction of sp³-hybridized carbons (Fsp3) is 0.800. The Morgan fingerprint density at radius 2 is 1.66 bits per heavy atom. The van der Waals surface area contributed by atoms with E-state index in [9.17, 15) is 34.2 Å². The summed E-state index contributed by atoms with van der Waals surface area (Å²) in [5, 5.41) is 22.8. The van der Waals surface area contributed by atoms with Gasteiger partial charge >= 0.3 is 23.9 Å². The first-order valence-electron chi connectivity index (χ1n) is 21.9. The van der Waals surface area contributed by atoms with Crippen LogP contribution in [0.1, 0.15) is 107 Å². The lowest BCUT2D eigenvalue weighted by Crippen LogP contribution is -2.66. The third-order valence-electron chi connectivity index (χ3n) is 11.4. The lowest BCUT2D eigenvalue weighted by atomic mass is 9.82. The van der Waals surface area contributed by atoms with Crippen LogP contribution in [0.5, 0.6) is 0 Å². The van der Waals surface area contributed by atoms with E-state index in [1.54, 1.807) is 77.9 Å². The van der Waals surface area contributed by atoms with Crippen molar-refractivity contribution in [2.45, 2.75) is 193 Å². The number of hydrogen-bond donors (Lipinski definition) is 2. The average Bonchev–Trinajstić information content (AvgIpc) is 3.15. The number of nitrogens with zero attached hydrogens (tertiary/aromatic N) is 1. The highest BCUT2D eigenvalue weighted by atomic mass is 16.7. The van der Waals surface area contributed by atoms with E-state index in [4.69, 9.17) is 42.6 Å². The number of rotatable bonds is 14. The summed E-state index contributed by atoms with van der Waals surface area (Å²) in [6, 6.07) is -0.777. The van der Waals surface area contributed by atoms with Gasteiger partial charge in [-0.25, -0.2) is 0 Å². The molecule has 354 valence electrons. The lowest BCUT2D eigenvalue weighted by Gasteiger charge is -2.51. The van der Waals surface area contributed by atoms with Crippen LogP contribution in [-0.2, 0) is 66.6 Å². The second-order valence-corrected chi connectivity index (χ2v) is 17.8. The Bertz CT molecular complexity index is 1520. The third-order valence-corrected chi connectivity index (χ3v) is 11.4. The molecule has 2 N–H and O–H groups in total. The quantitative estimate of drug-likeness (QED) is 0.144. The van der Waals surface area contributed by atoms with Crippen LogP contribution in [0.15, 0.2) is 24.3 Å². The molecule has 2 saturated heterocycles. The zero-order valence-corrected chi connectivity index (χ0v) is 38.6. The molecular weight excluding hydrogens is 810 g/mol. The Morgan fingerprint density at radius 3 is 2.24 bits per heavy atom. The minimum Gasteiger partial charge on any atom is -0.462 e. The number of carbonyl (C=O) groups is 5. The molecule has 2 fully saturated rings. The Labute approximate surface area is 367 Å². The van der Waals surface area contributed by atoms with Gasteiger partial charge in [0.25, 0.3) is 0 Å². The summed E-state index contributed by atoms with van der Waals surface area (Å²) in [6.45, 7) is 15.1. The molecular formula is C45H73NO16. The molecule has 0 radical (unpaired) electrons. The first-order valence-corrected chi connectivity index (χ1v) is 21.9. The molecule has 3 aliphatic rings. The molecule has 0 aromatic heterocycles. The van der Waals surface area contributed by atoms with Gasteiger partial charge in [0.2, 0.25) is 0 Å². The molecule has 3 heterocycles. The van der Waals surface area contributed by atoms with Crippen molar-refractivity contribution in [3.63, 3.8) is 0 Å². The molecule has 17 nitrogen and oxygen atoms in total. The molecule has 0 aromatic rings. The summed E-state index contributed by atoms with van der Waals surface area (Å²) in [4.78, 5) is 66.1. The number of ether oxygens (including phenoxy) is 9. The number of carbonyl (C=O) groups excluding carboxylic acids is 5. The van der Waals surface area contributed by atoms with Crippen LogP contribution in [-0.4, -0.2) is 152 Å². The minimum atomic E-state index is -1.53. The maximum Gasteiger partial charge on any atom is 0.309 e. The van der Waals surface area contributed by atoms with Gasteiger partial charge in [-0.3, -0.25) is 19.2 Å². The van der Waals surface area contributed by atoms with E-state index in [1.165, 1.54) is 14.0 Å². The highest BCUT2D eigenvalue weighted by Crippen LogP contribution is 2.38. The van der Waals surface area contributed by atoms with Crippen LogP contribution < -0.4 is 0 Å². The van der Waals surface area contributed by atoms with Crippen molar-refractivity contribution in [1.82, 2.24) is 4.90 Å². The summed E-state index contributed by atoms with van der Waals surface area (Å²) < 4.78 is 55.5. The number of allylic oxidation sites excluding steroid dienone is 2. The van der Waals surface area contributed by atoms with Crippen molar-refractivity contribution >= 4 is 30.2 Å². The number of aliphatic hydroxyl groups excluding tert-OH is 1. The molecule has 0 bridgehead atoms. The Kier molecular flexibility index (Phi) is 21.1. The van der Waals surface area contributed by atoms with E-state index in [0.29, 0.717) is 12.7 Å². The Morgan fingerprint density at radius 1 is 0.968 bits per heavy atom. The Hall–Kier alpha value is -3.29. The van der Waals surface area contributed by atoms with Crippen LogP contribution >= 0.6 is 0 Å². The van der Waals surface area contributed by atoms with Gasteiger partial charge in [-0.2, -0.15) is 0 Å². The maximum absolute atomic E-state index is 13.4. The van der Waals surface area contributed by atoms with E-state index < -0.39 is 127 Å². The summed E-state index contributed by atoms with van der Waals surface area (Å²) in [5.41, 5.74) is -1.53. The first kappa shape index (κ1) is 53.1. The van der Waals surface area contributed by atoms with Crippen molar-refractivity contribution in [1.29, 1.82) is 0 Å². The highest BCUT2D eigenvalue weighted by molar-refractivity contribution is 5.72. The van der Waals surface area contributed by atoms with Gasteiger partial charge in [-0.1, -0.05) is 52.0 Å². The fourth-order valence-corrected chi connectivity index (χ4v) is 8.41. The number of esters is 4. The second kappa shape index (κ2) is 24.7. The average molecular weight is 884 g/mol. The van der Waals surface area contributed by atoms with E-state index >= 15 is 0 Å². The van der Waals surface area contributed by atoms with E-state index in [-0.39, 0.29) is 38.0 Å². The van der Waals surface area contributed by atoms with E-state index in [0.717, 1.165) is 0 Å². The summed E-state index contributed by atoms with van der Waals surface area (Å²) in [5.74, 6) is -3.52. The van der Waals surface area contributed by atoms with Gasteiger partial charge in [-0.15, -0.1) is 0 Å². The van der Waals surface area contributed by atoms with Crippen LogP contribution in [0, 0.1) is 17.8 Å². The largest absolute Gasteiger partial charge is 0.462 e. The topological polar surface area (TPSA) is 212 Å². The van der Waals surface area contributed by atoms with Crippen molar-refractivity contribution < 1.29 is 76.8 Å². The molecule has 0 amide bonds. The zero-order chi connectivity index (χ0) is 46.5. The van der Waals surface area contributed by atoms with E-state index in [2.05, 4.69) is 0 Å². The molecule has 17 heteroatoms. The van der Waals surface area contributed by atoms with Gasteiger partial charge in [-0.05, 0) is 66.0 Å². The Balaban J connectivity index is 2.10. The normalized spacial score (nSPS) is 38.7. The van der Waals surface area contributed by atoms with Crippen molar-refractivity contribution in [2.75, 3.05) is 21.2 Å². The van der Waals surface area contributed by atoms with Crippen molar-refractivity contribution in [3.05, 3.63) is 24.3 Å². The van der Waals surface area contributed by atoms with Crippen LogP contribution in [0.4, 0.5) is 0 Å². The summed E-state index contributed by atoms with van der Waals surface area (Å²) >= 11 is 0. The van der Waals surface area contributed by atoms with Crippen LogP contribution in [0.3, 0.4) is 0 Å². The second-order valence-electron chi connectivity index (χ2n) is 17.8. The number of likely N-dealkylation sites (N-methyl/N-ethyl adjacent to an activating group) is 1. The molecule has 3 rings (SSSR count). The van der Waals surface area contributed by atoms with Gasteiger partial charge in [0.15, 0.2) is 24.8 Å². The van der Waals surface area contributed by atoms with Gasteiger partial charge < -0.3 is 62.5 Å². The summed E-state index contributed by atoms with van der Waals surface area (Å²) in [6.07, 6.45) is -4.36. The maximum atomic E-state index is 13.4. The lowest BCUT2D eigenvalue weighted by molar-refractivity contribution is -0.345. The fourth-order valence-electron chi connectivity index (χ4n) is 8.41. The number of hydrogen-bond acceptors (Lipinski definition) is 17. The molecule has 0 aliphatic carbocycles. The van der Waals surface area contributed by atoms with Gasteiger partial charge in [0, 0.05) is 46.1 Å². The predicted molar refractivity (Wildman–Crippen MR) is 224 cm³/mol. The predicted octanol–water partition coefficient (Wildman–Crippen LogP) is 3.97. The highest BCUT2D eigenvalue weighted by Gasteiger charge is 2.54. The monoisotopic (exact) mass is 883 g/mol. The minimum absolute atomic E-state index is 0.00145. The SMILES string of the molecule is CCC(=O)OC1C(O[C@H]2[C@@H](CC=O)C[C@@H](C)[C@@H](O)/C=C/C=C/C[C@@H](C)OC(=O)C[C@@H](OC(C)=O)[C@@H]2OC)O[C@H](C)C(O[C@H]2C[C@@](C)(O)[C@@H](OC(=O)CC(C)C)[C@H](C)O2)[C@@H]1N(C)C. The molecule has 62 heavy (non-hydrogen) atoms. The molecule has 16 atom stereocenters. The number of aldehydes is 1. The standard InChI is InChI=1S/C45H73NO16/c1-13-34(50)59-42-38(46(10)11)39(61-37-24-45(9,53)43(29(7)56-37)60-35(51)21-25(2)3)28(6)57-44(42)62-40-31(19-20-47)22-26(4)32(49)18-16-14-15-17-27(5)55-36(52)23-33(41(40)54-12)58-30(8)48/h14-16,18,20,25-29,31-33,37-44,49,53H,13,17,19,21-24H2,1-12H3/b15-14+,18-16+/t26-,27-,28-,29+,31+,32+,33-,37+,38+,39?,40+,41+,42?,43+,44?,45-/m1/s1. The number of aliphatic hydroxyl groups is 2. The van der Waals surface area contributed by atoms with Gasteiger partial charge in [0.1, 0.15) is 36.3 Å². The van der Waals surface area contributed by atoms with Crippen LogP contribution in [0.25, 0.3) is 0 Å². The van der Waals surface area contributed by atoms with Crippen LogP contribution in [0.2, 0.25) is 0 Å². The number of methoxy groups -OCH3 is 1. The van der Waals surface area contributed by atoms with Gasteiger partial charge in [0.05, 0.1) is 36.9 Å². The molecule has 0 aromatic carbocycles. The molecule has 0 spiro atoms. The smallest absolute Gasteiger partial charge is 0.309 e. The number of cyclic esters (lactones) is 1. The molecule has 3 aliphatic heterocycles. The molecule has 0 saturated carbocycles. The summed E-state index contributed by atoms with van der Waals surface area (Å²) in [7, 11) is 4.89. The van der Waals surface area contributed by atoms with Crippen molar-refractivity contribution in [2.24, 2.45) is 17.8 Å².